The number of thiophene rings is 1. The summed E-state index contributed by atoms with van der Waals surface area (Å²) < 4.78 is 0. The normalized spacial score (nSPS) is 13.1. The monoisotopic (exact) mass is 1020 g/mol. The lowest BCUT2D eigenvalue weighted by atomic mass is 10.1. The fraction of sp³-hybridized carbons (Fsp3) is 0.158. The van der Waals surface area contributed by atoms with Gasteiger partial charge < -0.3 is 15.3 Å². The number of hydrogen-bond donors (Lipinski definition) is 5. The summed E-state index contributed by atoms with van der Waals surface area (Å²) in [5.41, 5.74) is 19.2. The van der Waals surface area contributed by atoms with Gasteiger partial charge in [-0.15, -0.1) is 11.8 Å². The Morgan fingerprint density at radius 1 is 0.693 bits per heavy atom. The molecule has 75 heavy (non-hydrogen) atoms. The van der Waals surface area contributed by atoms with E-state index in [2.05, 4.69) is 105 Å². The molecular formula is C57H50N16S2. The third kappa shape index (κ3) is 9.93. The average molecular weight is 1020 g/mol. The number of imidazole rings is 2. The zero-order chi connectivity index (χ0) is 50.8. The molecule has 11 aromatic heterocycles. The number of nitrogens with zero attached hydrogens (tertiary/aromatic N) is 11. The maximum Gasteiger partial charge on any atom is 0.161 e. The summed E-state index contributed by atoms with van der Waals surface area (Å²) in [6.45, 7) is 13.8. The molecule has 18 heteroatoms. The minimum atomic E-state index is 0.510. The number of H-pyrrole nitrogens is 4. The Bertz CT molecular complexity index is 4030. The van der Waals surface area contributed by atoms with Crippen molar-refractivity contribution in [3.8, 4) is 56.8 Å². The van der Waals surface area contributed by atoms with Crippen LogP contribution in [0.1, 0.15) is 50.4 Å². The van der Waals surface area contributed by atoms with E-state index in [0.29, 0.717) is 28.3 Å². The van der Waals surface area contributed by atoms with Crippen LogP contribution in [0.2, 0.25) is 0 Å². The zero-order valence-corrected chi connectivity index (χ0v) is 43.0. The van der Waals surface area contributed by atoms with Gasteiger partial charge in [0, 0.05) is 70.5 Å². The predicted octanol–water partition coefficient (Wildman–Crippen LogP) is 12.8. The van der Waals surface area contributed by atoms with Gasteiger partial charge in [0.05, 0.1) is 56.7 Å². The third-order valence-corrected chi connectivity index (χ3v) is 14.6. The number of anilines is 1. The number of nitrogens with one attached hydrogen (secondary N) is 5. The number of likely N-dealkylation sites (tertiary alicyclic amines) is 1. The number of fused-ring (bicyclic) bond motifs is 4. The van der Waals surface area contributed by atoms with E-state index in [9.17, 15) is 0 Å². The standard InChI is InChI=1S/C29H20N8S.C28H30N8S/c1-17(18-5-3-2-4-6-18)32-21-13-20(14-30-15-21)22-7-8-24-27(33-22)28(37-36-24)29-34-23-9-11-31-25(26(23)35-29)19-10-12-38-16-19;1-17(2)37-16-18(3)24-25-22(8-9-30-24)32-28(33-25)27-26-23(34-35-27)7-6-21(31-26)20-12-19(13-29-14-20)15-36-10-4-5-11-36/h2-16,32H,1H2,(H,34,35)(H,36,37);6-9,12-14,16-17H,4-5,10-11,15H2,1-3H3,(H,32,33)(H,34,35)/b;18-16+. The molecule has 16 nitrogen and oxygen atoms in total. The van der Waals surface area contributed by atoms with Gasteiger partial charge in [-0.05, 0) is 115 Å². The summed E-state index contributed by atoms with van der Waals surface area (Å²) in [5.74, 6) is 1.30. The van der Waals surface area contributed by atoms with E-state index >= 15 is 0 Å². The highest BCUT2D eigenvalue weighted by molar-refractivity contribution is 8.02. The van der Waals surface area contributed by atoms with Crippen molar-refractivity contribution in [3.63, 3.8) is 0 Å². The summed E-state index contributed by atoms with van der Waals surface area (Å²) in [4.78, 5) is 47.2. The van der Waals surface area contributed by atoms with Gasteiger partial charge in [0.15, 0.2) is 23.0 Å². The number of rotatable bonds is 13. The molecule has 1 aromatic carbocycles. The van der Waals surface area contributed by atoms with Crippen LogP contribution in [-0.4, -0.2) is 93.5 Å². The predicted molar refractivity (Wildman–Crippen MR) is 303 cm³/mol. The number of pyridine rings is 6. The van der Waals surface area contributed by atoms with Crippen LogP contribution in [0.5, 0.6) is 0 Å². The maximum atomic E-state index is 4.99. The van der Waals surface area contributed by atoms with E-state index in [1.165, 1.54) is 18.4 Å². The summed E-state index contributed by atoms with van der Waals surface area (Å²) in [6, 6.07) is 28.1. The summed E-state index contributed by atoms with van der Waals surface area (Å²) in [7, 11) is 0. The van der Waals surface area contributed by atoms with Gasteiger partial charge in [-0.25, -0.2) is 19.9 Å². The molecule has 1 aliphatic rings. The van der Waals surface area contributed by atoms with Crippen LogP contribution in [0, 0.1) is 0 Å². The molecule has 12 heterocycles. The van der Waals surface area contributed by atoms with E-state index in [1.807, 2.05) is 103 Å². The quantitative estimate of drug-likeness (QED) is 0.0729. The molecule has 5 N–H and O–H groups in total. The Labute approximate surface area is 439 Å². The highest BCUT2D eigenvalue weighted by Gasteiger charge is 2.20. The van der Waals surface area contributed by atoms with E-state index in [4.69, 9.17) is 19.9 Å². The Kier molecular flexibility index (Phi) is 13.0. The molecule has 1 aliphatic heterocycles. The molecule has 1 saturated heterocycles. The van der Waals surface area contributed by atoms with Crippen molar-refractivity contribution in [2.75, 3.05) is 18.4 Å². The highest BCUT2D eigenvalue weighted by Crippen LogP contribution is 2.34. The lowest BCUT2D eigenvalue weighted by Gasteiger charge is -2.14. The maximum absolute atomic E-state index is 4.99. The molecule has 0 bridgehead atoms. The Balaban J connectivity index is 0.000000152. The van der Waals surface area contributed by atoms with Crippen LogP contribution in [0.4, 0.5) is 5.69 Å². The first-order chi connectivity index (χ1) is 36.8. The third-order valence-electron chi connectivity index (χ3n) is 12.9. The number of hydrogen-bond acceptors (Lipinski definition) is 14. The van der Waals surface area contributed by atoms with E-state index in [1.54, 1.807) is 41.7 Å². The number of benzene rings is 1. The van der Waals surface area contributed by atoms with Gasteiger partial charge >= 0.3 is 0 Å². The zero-order valence-electron chi connectivity index (χ0n) is 41.3. The topological polar surface area (TPSA) is 207 Å². The first-order valence-corrected chi connectivity index (χ1v) is 26.6. The van der Waals surface area contributed by atoms with Crippen molar-refractivity contribution in [3.05, 3.63) is 162 Å². The van der Waals surface area contributed by atoms with Crippen LogP contribution in [-0.2, 0) is 6.54 Å². The largest absolute Gasteiger partial charge is 0.354 e. The first kappa shape index (κ1) is 47.3. The van der Waals surface area contributed by atoms with Crippen molar-refractivity contribution < 1.29 is 0 Å². The summed E-state index contributed by atoms with van der Waals surface area (Å²) >= 11 is 3.42. The van der Waals surface area contributed by atoms with Crippen LogP contribution in [0.15, 0.2) is 145 Å². The van der Waals surface area contributed by atoms with Crippen LogP contribution >= 0.6 is 23.1 Å². The minimum absolute atomic E-state index is 0.510. The molecule has 12 aromatic rings. The van der Waals surface area contributed by atoms with Crippen LogP contribution in [0.3, 0.4) is 0 Å². The van der Waals surface area contributed by atoms with Gasteiger partial charge in [-0.1, -0.05) is 50.8 Å². The van der Waals surface area contributed by atoms with Crippen molar-refractivity contribution in [2.24, 2.45) is 0 Å². The molecule has 0 amide bonds. The molecule has 0 atom stereocenters. The molecule has 0 spiro atoms. The second-order valence-electron chi connectivity index (χ2n) is 18.6. The van der Waals surface area contributed by atoms with Crippen molar-refractivity contribution in [1.29, 1.82) is 0 Å². The molecule has 370 valence electrons. The number of aromatic amines is 4. The molecule has 0 radical (unpaired) electrons. The molecule has 1 fully saturated rings. The summed E-state index contributed by atoms with van der Waals surface area (Å²) in [5, 5.41) is 25.4. The SMILES string of the molecule is C/C(=C\SC(C)C)c1nccc2[nH]c(-c3n[nH]c4ccc(-c5cncc(CN6CCCC6)c5)nc34)nc12.C=C(Nc1cncc(-c2ccc3[nH]nc(-c4nc5c(-c6ccsc6)nccc5[nH]4)c3n2)c1)c1ccccc1. The summed E-state index contributed by atoms with van der Waals surface area (Å²) in [6.07, 6.45) is 13.6. The average Bonchev–Trinajstić information content (AvgIpc) is 4.32. The second-order valence-corrected chi connectivity index (χ2v) is 20.8. The van der Waals surface area contributed by atoms with Crippen molar-refractivity contribution >= 4 is 84.2 Å². The van der Waals surface area contributed by atoms with E-state index in [0.717, 1.165) is 126 Å². The number of aromatic nitrogens is 14. The van der Waals surface area contributed by atoms with Crippen LogP contribution in [0.25, 0.3) is 112 Å². The van der Waals surface area contributed by atoms with Gasteiger partial charge in [0.1, 0.15) is 22.1 Å². The van der Waals surface area contributed by atoms with Gasteiger partial charge in [0.2, 0.25) is 0 Å². The molecule has 0 saturated carbocycles. The first-order valence-electron chi connectivity index (χ1n) is 24.7. The number of thioether (sulfide) groups is 1. The van der Waals surface area contributed by atoms with E-state index < -0.39 is 0 Å². The van der Waals surface area contributed by atoms with Crippen molar-refractivity contribution in [1.82, 2.24) is 75.1 Å². The van der Waals surface area contributed by atoms with Gasteiger partial charge in [-0.2, -0.15) is 21.5 Å². The fourth-order valence-electron chi connectivity index (χ4n) is 9.18. The molecule has 0 aliphatic carbocycles. The lowest BCUT2D eigenvalue weighted by Crippen LogP contribution is -2.18. The van der Waals surface area contributed by atoms with Gasteiger partial charge in [-0.3, -0.25) is 35.0 Å². The number of allylic oxidation sites excluding steroid dienone is 1. The van der Waals surface area contributed by atoms with Gasteiger partial charge in [0.25, 0.3) is 0 Å². The van der Waals surface area contributed by atoms with E-state index in [-0.39, 0.29) is 0 Å². The van der Waals surface area contributed by atoms with Crippen molar-refractivity contribution in [2.45, 2.75) is 45.4 Å². The highest BCUT2D eigenvalue weighted by atomic mass is 32.2. The molecule has 0 unspecified atom stereocenters. The second kappa shape index (κ2) is 20.7. The fourth-order valence-corrected chi connectivity index (χ4v) is 10.4. The lowest BCUT2D eigenvalue weighted by molar-refractivity contribution is 0.331. The molecular weight excluding hydrogens is 973 g/mol. The Hall–Kier alpha value is -8.71. The molecule has 13 rings (SSSR count). The minimum Gasteiger partial charge on any atom is -0.354 e. The Morgan fingerprint density at radius 2 is 1.33 bits per heavy atom. The smallest absolute Gasteiger partial charge is 0.161 e. The Morgan fingerprint density at radius 3 is 2.01 bits per heavy atom. The van der Waals surface area contributed by atoms with Crippen LogP contribution < -0.4 is 5.32 Å².